The van der Waals surface area contributed by atoms with Crippen molar-refractivity contribution in [2.75, 3.05) is 26.8 Å². The van der Waals surface area contributed by atoms with Gasteiger partial charge in [0.25, 0.3) is 11.8 Å². The van der Waals surface area contributed by atoms with E-state index in [1.165, 1.54) is 0 Å². The zero-order chi connectivity index (χ0) is 19.1. The summed E-state index contributed by atoms with van der Waals surface area (Å²) in [5, 5.41) is 2.98. The molecule has 0 spiro atoms. The Bertz CT molecular complexity index is 774. The van der Waals surface area contributed by atoms with Crippen molar-refractivity contribution >= 4 is 11.8 Å². The first-order chi connectivity index (χ1) is 13.2. The van der Waals surface area contributed by atoms with Crippen molar-refractivity contribution in [3.05, 3.63) is 54.4 Å². The van der Waals surface area contributed by atoms with Gasteiger partial charge in [0.1, 0.15) is 5.69 Å². The molecule has 2 aromatic rings. The predicted octanol–water partition coefficient (Wildman–Crippen LogP) is 1.89. The highest BCUT2D eigenvalue weighted by Gasteiger charge is 2.24. The van der Waals surface area contributed by atoms with Gasteiger partial charge in [0.2, 0.25) is 0 Å². The van der Waals surface area contributed by atoms with Gasteiger partial charge in [0.05, 0.1) is 7.11 Å². The summed E-state index contributed by atoms with van der Waals surface area (Å²) in [4.78, 5) is 30.4. The summed E-state index contributed by atoms with van der Waals surface area (Å²) in [5.41, 5.74) is 0.404. The standard InChI is InChI=1S/C20H23N3O4/c1-26-17-7-2-3-8-18(17)27-14-19(24)23-12-9-15(10-13-23)22-20(25)16-6-4-5-11-21-16/h2-8,11,15H,9-10,12-14H2,1H3,(H,22,25). The van der Waals surface area contributed by atoms with Crippen LogP contribution < -0.4 is 14.8 Å². The highest BCUT2D eigenvalue weighted by molar-refractivity contribution is 5.92. The van der Waals surface area contributed by atoms with E-state index in [2.05, 4.69) is 10.3 Å². The SMILES string of the molecule is COc1ccccc1OCC(=O)N1CCC(NC(=O)c2ccccn2)CC1. The van der Waals surface area contributed by atoms with Crippen LogP contribution in [0.5, 0.6) is 11.5 Å². The van der Waals surface area contributed by atoms with Crippen molar-refractivity contribution in [1.29, 1.82) is 0 Å². The van der Waals surface area contributed by atoms with Crippen LogP contribution in [0, 0.1) is 0 Å². The van der Waals surface area contributed by atoms with Crippen LogP contribution in [0.2, 0.25) is 0 Å². The third-order valence-electron chi connectivity index (χ3n) is 4.50. The van der Waals surface area contributed by atoms with Crippen LogP contribution in [-0.4, -0.2) is 54.5 Å². The van der Waals surface area contributed by atoms with Gasteiger partial charge in [-0.1, -0.05) is 18.2 Å². The first-order valence-corrected chi connectivity index (χ1v) is 8.93. The molecule has 0 unspecified atom stereocenters. The second-order valence-corrected chi connectivity index (χ2v) is 6.28. The van der Waals surface area contributed by atoms with Gasteiger partial charge in [-0.2, -0.15) is 0 Å². The van der Waals surface area contributed by atoms with E-state index in [9.17, 15) is 9.59 Å². The number of ether oxygens (including phenoxy) is 2. The number of carbonyl (C=O) groups is 2. The lowest BCUT2D eigenvalue weighted by Gasteiger charge is -2.32. The van der Waals surface area contributed by atoms with Crippen molar-refractivity contribution < 1.29 is 19.1 Å². The molecule has 1 saturated heterocycles. The third-order valence-corrected chi connectivity index (χ3v) is 4.50. The average Bonchev–Trinajstić information content (AvgIpc) is 2.73. The minimum Gasteiger partial charge on any atom is -0.493 e. The maximum Gasteiger partial charge on any atom is 0.270 e. The molecule has 7 heteroatoms. The van der Waals surface area contributed by atoms with E-state index in [0.717, 1.165) is 0 Å². The van der Waals surface area contributed by atoms with Crippen LogP contribution in [0.1, 0.15) is 23.3 Å². The second kappa shape index (κ2) is 9.02. The number of nitrogens with zero attached hydrogens (tertiary/aromatic N) is 2. The molecule has 7 nitrogen and oxygen atoms in total. The molecule has 2 amide bonds. The lowest BCUT2D eigenvalue weighted by molar-refractivity contribution is -0.134. The zero-order valence-electron chi connectivity index (χ0n) is 15.3. The Hall–Kier alpha value is -3.09. The van der Waals surface area contributed by atoms with Crippen LogP contribution in [0.15, 0.2) is 48.7 Å². The van der Waals surface area contributed by atoms with Crippen LogP contribution >= 0.6 is 0 Å². The maximum atomic E-state index is 12.4. The molecule has 27 heavy (non-hydrogen) atoms. The fraction of sp³-hybridized carbons (Fsp3) is 0.350. The van der Waals surface area contributed by atoms with Crippen molar-refractivity contribution in [2.45, 2.75) is 18.9 Å². The molecule has 0 atom stereocenters. The molecular formula is C20H23N3O4. The molecule has 0 aliphatic carbocycles. The lowest BCUT2D eigenvalue weighted by Crippen LogP contribution is -2.47. The van der Waals surface area contributed by atoms with E-state index in [4.69, 9.17) is 9.47 Å². The molecule has 0 bridgehead atoms. The lowest BCUT2D eigenvalue weighted by atomic mass is 10.0. The summed E-state index contributed by atoms with van der Waals surface area (Å²) in [6.07, 6.45) is 3.01. The van der Waals surface area contributed by atoms with Gasteiger partial charge >= 0.3 is 0 Å². The summed E-state index contributed by atoms with van der Waals surface area (Å²) in [5.74, 6) is 0.891. The number of piperidine rings is 1. The first-order valence-electron chi connectivity index (χ1n) is 8.93. The smallest absolute Gasteiger partial charge is 0.270 e. The molecule has 3 rings (SSSR count). The number of benzene rings is 1. The summed E-state index contributed by atoms with van der Waals surface area (Å²) < 4.78 is 10.8. The normalized spacial score (nSPS) is 14.5. The van der Waals surface area contributed by atoms with Crippen LogP contribution in [0.3, 0.4) is 0 Å². The van der Waals surface area contributed by atoms with Gasteiger partial charge in [-0.05, 0) is 37.1 Å². The van der Waals surface area contributed by atoms with Crippen LogP contribution in [0.4, 0.5) is 0 Å². The zero-order valence-corrected chi connectivity index (χ0v) is 15.3. The van der Waals surface area contributed by atoms with Crippen molar-refractivity contribution in [3.8, 4) is 11.5 Å². The Morgan fingerprint density at radius 3 is 2.48 bits per heavy atom. The van der Waals surface area contributed by atoms with Gasteiger partial charge in [-0.25, -0.2) is 0 Å². The highest BCUT2D eigenvalue weighted by Crippen LogP contribution is 2.25. The summed E-state index contributed by atoms with van der Waals surface area (Å²) in [6, 6.07) is 12.5. The summed E-state index contributed by atoms with van der Waals surface area (Å²) in [7, 11) is 1.56. The van der Waals surface area contributed by atoms with Crippen molar-refractivity contribution in [2.24, 2.45) is 0 Å². The Morgan fingerprint density at radius 2 is 1.81 bits per heavy atom. The number of methoxy groups -OCH3 is 1. The third kappa shape index (κ3) is 4.97. The predicted molar refractivity (Wildman–Crippen MR) is 99.8 cm³/mol. The quantitative estimate of drug-likeness (QED) is 0.841. The molecule has 1 aliphatic heterocycles. The Labute approximate surface area is 158 Å². The van der Waals surface area contributed by atoms with Crippen molar-refractivity contribution in [3.63, 3.8) is 0 Å². The molecule has 1 aromatic heterocycles. The van der Waals surface area contributed by atoms with E-state index in [1.54, 1.807) is 48.5 Å². The minimum absolute atomic E-state index is 0.0364. The Balaban J connectivity index is 1.44. The molecule has 0 saturated carbocycles. The fourth-order valence-electron chi connectivity index (χ4n) is 3.00. The molecule has 1 N–H and O–H groups in total. The van der Waals surface area contributed by atoms with Gasteiger partial charge in [0, 0.05) is 25.3 Å². The molecule has 1 fully saturated rings. The largest absolute Gasteiger partial charge is 0.493 e. The topological polar surface area (TPSA) is 80.8 Å². The molecule has 1 aliphatic rings. The van der Waals surface area contributed by atoms with Gasteiger partial charge in [-0.15, -0.1) is 0 Å². The Morgan fingerprint density at radius 1 is 1.11 bits per heavy atom. The van der Waals surface area contributed by atoms with E-state index in [-0.39, 0.29) is 24.5 Å². The number of hydrogen-bond acceptors (Lipinski definition) is 5. The number of carbonyl (C=O) groups excluding carboxylic acids is 2. The number of aromatic nitrogens is 1. The molecule has 142 valence electrons. The first kappa shape index (κ1) is 18.7. The fourth-order valence-corrected chi connectivity index (χ4v) is 3.00. The number of pyridine rings is 1. The molecule has 2 heterocycles. The number of likely N-dealkylation sites (tertiary alicyclic amines) is 1. The van der Waals surface area contributed by atoms with E-state index in [1.807, 2.05) is 12.1 Å². The number of nitrogens with one attached hydrogen (secondary N) is 1. The molecular weight excluding hydrogens is 346 g/mol. The summed E-state index contributed by atoms with van der Waals surface area (Å²) >= 11 is 0. The van der Waals surface area contributed by atoms with Crippen LogP contribution in [-0.2, 0) is 4.79 Å². The maximum absolute atomic E-state index is 12.4. The number of amides is 2. The van der Waals surface area contributed by atoms with E-state index >= 15 is 0 Å². The monoisotopic (exact) mass is 369 g/mol. The van der Waals surface area contributed by atoms with Crippen molar-refractivity contribution in [1.82, 2.24) is 15.2 Å². The number of rotatable bonds is 6. The average molecular weight is 369 g/mol. The van der Waals surface area contributed by atoms with Crippen LogP contribution in [0.25, 0.3) is 0 Å². The number of para-hydroxylation sites is 2. The van der Waals surface area contributed by atoms with E-state index in [0.29, 0.717) is 43.1 Å². The Kier molecular flexibility index (Phi) is 6.25. The minimum atomic E-state index is -0.181. The van der Waals surface area contributed by atoms with Gasteiger partial charge in [0.15, 0.2) is 18.1 Å². The van der Waals surface area contributed by atoms with E-state index < -0.39 is 0 Å². The second-order valence-electron chi connectivity index (χ2n) is 6.28. The molecule has 1 aromatic carbocycles. The van der Waals surface area contributed by atoms with Gasteiger partial charge < -0.3 is 19.7 Å². The van der Waals surface area contributed by atoms with Gasteiger partial charge in [-0.3, -0.25) is 14.6 Å². The number of hydrogen-bond donors (Lipinski definition) is 1. The summed E-state index contributed by atoms with van der Waals surface area (Å²) in [6.45, 7) is 1.13. The molecule has 0 radical (unpaired) electrons. The highest BCUT2D eigenvalue weighted by atomic mass is 16.5.